The van der Waals surface area contributed by atoms with Crippen LogP contribution in [0.3, 0.4) is 0 Å². The van der Waals surface area contributed by atoms with E-state index in [1.54, 1.807) is 18.6 Å². The fraction of sp³-hybridized carbons (Fsp3) is 0.190. The van der Waals surface area contributed by atoms with Gasteiger partial charge in [0.2, 0.25) is 5.78 Å². The lowest BCUT2D eigenvalue weighted by molar-refractivity contribution is -0.129. The standard InChI is InChI=1S/C21H19N3O4/c25-19(16-8-4-13-28-16)17-18(15-6-2-1-3-7-15)24(21(27)20(17)26)11-5-10-23-12-9-22-14-23/h1-4,6-9,12-14,18,26H,5,10-11H2/t18-/m1/s1. The van der Waals surface area contributed by atoms with Crippen molar-refractivity contribution in [2.24, 2.45) is 0 Å². The second kappa shape index (κ2) is 7.56. The van der Waals surface area contributed by atoms with Crippen molar-refractivity contribution in [3.05, 3.63) is 90.1 Å². The number of imidazole rings is 1. The topological polar surface area (TPSA) is 88.6 Å². The summed E-state index contributed by atoms with van der Waals surface area (Å²) < 4.78 is 7.12. The lowest BCUT2D eigenvalue weighted by Gasteiger charge is -2.26. The Morgan fingerprint density at radius 2 is 1.96 bits per heavy atom. The van der Waals surface area contributed by atoms with Gasteiger partial charge in [0.05, 0.1) is 24.2 Å². The van der Waals surface area contributed by atoms with Crippen LogP contribution in [0.15, 0.2) is 83.2 Å². The van der Waals surface area contributed by atoms with Crippen molar-refractivity contribution in [3.8, 4) is 0 Å². The molecule has 0 spiro atoms. The van der Waals surface area contributed by atoms with Crippen molar-refractivity contribution in [2.75, 3.05) is 6.54 Å². The molecule has 4 rings (SSSR count). The molecule has 0 radical (unpaired) electrons. The number of carbonyl (C=O) groups is 2. The van der Waals surface area contributed by atoms with Gasteiger partial charge in [-0.3, -0.25) is 9.59 Å². The molecule has 3 aromatic rings. The van der Waals surface area contributed by atoms with Crippen LogP contribution >= 0.6 is 0 Å². The number of aliphatic hydroxyl groups is 1. The number of benzene rings is 1. The van der Waals surface area contributed by atoms with E-state index in [1.165, 1.54) is 17.2 Å². The zero-order chi connectivity index (χ0) is 19.5. The quantitative estimate of drug-likeness (QED) is 0.639. The van der Waals surface area contributed by atoms with Crippen LogP contribution in [-0.2, 0) is 11.3 Å². The van der Waals surface area contributed by atoms with E-state index in [0.29, 0.717) is 19.5 Å². The Morgan fingerprint density at radius 1 is 1.14 bits per heavy atom. The van der Waals surface area contributed by atoms with Crippen LogP contribution in [0.4, 0.5) is 0 Å². The maximum Gasteiger partial charge on any atom is 0.290 e. The first-order valence-electron chi connectivity index (χ1n) is 9.00. The van der Waals surface area contributed by atoms with Gasteiger partial charge >= 0.3 is 0 Å². The number of aliphatic hydroxyl groups excluding tert-OH is 1. The van der Waals surface area contributed by atoms with Gasteiger partial charge in [-0.1, -0.05) is 30.3 Å². The molecule has 1 aromatic carbocycles. The van der Waals surface area contributed by atoms with E-state index in [1.807, 2.05) is 41.1 Å². The van der Waals surface area contributed by atoms with Crippen molar-refractivity contribution < 1.29 is 19.1 Å². The van der Waals surface area contributed by atoms with Crippen LogP contribution in [-0.4, -0.2) is 37.8 Å². The number of rotatable bonds is 7. The lowest BCUT2D eigenvalue weighted by Crippen LogP contribution is -2.32. The molecule has 2 aromatic heterocycles. The Kier molecular flexibility index (Phi) is 4.80. The minimum Gasteiger partial charge on any atom is -0.503 e. The average molecular weight is 377 g/mol. The highest BCUT2D eigenvalue weighted by atomic mass is 16.3. The number of aryl methyl sites for hydroxylation is 1. The minimum atomic E-state index is -0.658. The van der Waals surface area contributed by atoms with Gasteiger partial charge in [-0.2, -0.15) is 0 Å². The van der Waals surface area contributed by atoms with E-state index in [-0.39, 0.29) is 11.3 Å². The molecule has 0 unspecified atom stereocenters. The van der Waals surface area contributed by atoms with Crippen molar-refractivity contribution in [1.82, 2.24) is 14.5 Å². The summed E-state index contributed by atoms with van der Waals surface area (Å²) in [6, 6.07) is 11.7. The summed E-state index contributed by atoms with van der Waals surface area (Å²) in [5, 5.41) is 10.5. The van der Waals surface area contributed by atoms with Crippen molar-refractivity contribution in [2.45, 2.75) is 19.0 Å². The van der Waals surface area contributed by atoms with Gasteiger partial charge in [0.15, 0.2) is 11.5 Å². The van der Waals surface area contributed by atoms with Crippen LogP contribution in [0.25, 0.3) is 0 Å². The highest BCUT2D eigenvalue weighted by Crippen LogP contribution is 2.39. The Labute approximate surface area is 161 Å². The van der Waals surface area contributed by atoms with Crippen molar-refractivity contribution in [3.63, 3.8) is 0 Å². The van der Waals surface area contributed by atoms with Crippen molar-refractivity contribution in [1.29, 1.82) is 0 Å². The number of amides is 1. The molecule has 0 saturated heterocycles. The van der Waals surface area contributed by atoms with E-state index >= 15 is 0 Å². The number of hydrogen-bond acceptors (Lipinski definition) is 5. The molecule has 0 bridgehead atoms. The fourth-order valence-electron chi connectivity index (χ4n) is 3.48. The highest BCUT2D eigenvalue weighted by molar-refractivity contribution is 6.14. The van der Waals surface area contributed by atoms with Gasteiger partial charge in [0.25, 0.3) is 5.91 Å². The number of furan rings is 1. The van der Waals surface area contributed by atoms with Crippen LogP contribution in [0, 0.1) is 0 Å². The largest absolute Gasteiger partial charge is 0.503 e. The van der Waals surface area contributed by atoms with Crippen LogP contribution < -0.4 is 0 Å². The van der Waals surface area contributed by atoms with Gasteiger partial charge in [-0.15, -0.1) is 0 Å². The van der Waals surface area contributed by atoms with Gasteiger partial charge in [0, 0.05) is 25.5 Å². The molecule has 0 aliphatic carbocycles. The normalized spacial score (nSPS) is 16.8. The van der Waals surface area contributed by atoms with E-state index in [0.717, 1.165) is 5.56 Å². The van der Waals surface area contributed by atoms with Gasteiger partial charge < -0.3 is 19.0 Å². The summed E-state index contributed by atoms with van der Waals surface area (Å²) in [5.41, 5.74) is 0.811. The molecule has 1 N–H and O–H groups in total. The molecule has 142 valence electrons. The summed E-state index contributed by atoms with van der Waals surface area (Å²) >= 11 is 0. The predicted molar refractivity (Wildman–Crippen MR) is 100 cm³/mol. The predicted octanol–water partition coefficient (Wildman–Crippen LogP) is 3.14. The molecule has 1 aliphatic rings. The fourth-order valence-corrected chi connectivity index (χ4v) is 3.48. The molecule has 1 aliphatic heterocycles. The Balaban J connectivity index is 1.64. The SMILES string of the molecule is O=C(C1=C(O)C(=O)N(CCCn2ccnc2)[C@@H]1c1ccccc1)c1ccco1. The third kappa shape index (κ3) is 3.22. The number of hydrogen-bond donors (Lipinski definition) is 1. The second-order valence-electron chi connectivity index (χ2n) is 6.53. The average Bonchev–Trinajstić information content (AvgIpc) is 3.46. The number of nitrogens with zero attached hydrogens (tertiary/aromatic N) is 3. The van der Waals surface area contributed by atoms with E-state index in [4.69, 9.17) is 4.42 Å². The summed E-state index contributed by atoms with van der Waals surface area (Å²) in [5.74, 6) is -1.45. The molecule has 7 heteroatoms. The summed E-state index contributed by atoms with van der Waals surface area (Å²) in [4.78, 5) is 31.3. The van der Waals surface area contributed by atoms with Crippen LogP contribution in [0.1, 0.15) is 28.6 Å². The van der Waals surface area contributed by atoms with E-state index in [2.05, 4.69) is 4.98 Å². The maximum atomic E-state index is 13.0. The summed E-state index contributed by atoms with van der Waals surface area (Å²) in [6.45, 7) is 1.06. The zero-order valence-corrected chi connectivity index (χ0v) is 15.1. The number of Topliss-reactive ketones (excluding diaryl/α,β-unsaturated/α-hetero) is 1. The van der Waals surface area contributed by atoms with E-state index in [9.17, 15) is 14.7 Å². The Bertz CT molecular complexity index is 992. The number of ketones is 1. The first kappa shape index (κ1) is 17.8. The van der Waals surface area contributed by atoms with Gasteiger partial charge in [0.1, 0.15) is 0 Å². The third-order valence-electron chi connectivity index (χ3n) is 4.78. The molecule has 7 nitrogen and oxygen atoms in total. The molecule has 0 saturated carbocycles. The molecule has 3 heterocycles. The minimum absolute atomic E-state index is 0.0498. The first-order valence-corrected chi connectivity index (χ1v) is 9.00. The molecule has 0 fully saturated rings. The van der Waals surface area contributed by atoms with E-state index < -0.39 is 23.5 Å². The van der Waals surface area contributed by atoms with Crippen molar-refractivity contribution >= 4 is 11.7 Å². The Morgan fingerprint density at radius 3 is 2.64 bits per heavy atom. The van der Waals surface area contributed by atoms with Crippen LogP contribution in [0.2, 0.25) is 0 Å². The number of aromatic nitrogens is 2. The molecule has 1 atom stereocenters. The van der Waals surface area contributed by atoms with Gasteiger partial charge in [-0.25, -0.2) is 4.98 Å². The first-order chi connectivity index (χ1) is 13.7. The van der Waals surface area contributed by atoms with Crippen LogP contribution in [0.5, 0.6) is 0 Å². The summed E-state index contributed by atoms with van der Waals surface area (Å²) in [7, 11) is 0. The molecule has 1 amide bonds. The third-order valence-corrected chi connectivity index (χ3v) is 4.78. The zero-order valence-electron chi connectivity index (χ0n) is 15.1. The second-order valence-corrected chi connectivity index (χ2v) is 6.53. The Hall–Kier alpha value is -3.61. The van der Waals surface area contributed by atoms with Gasteiger partial charge in [-0.05, 0) is 24.1 Å². The summed E-state index contributed by atoms with van der Waals surface area (Å²) in [6.07, 6.45) is 7.30. The lowest BCUT2D eigenvalue weighted by atomic mass is 9.95. The number of carbonyl (C=O) groups excluding carboxylic acids is 2. The molecular weight excluding hydrogens is 358 g/mol. The smallest absolute Gasteiger partial charge is 0.290 e. The maximum absolute atomic E-state index is 13.0. The molecule has 28 heavy (non-hydrogen) atoms. The monoisotopic (exact) mass is 377 g/mol. The molecular formula is C21H19N3O4. The highest BCUT2D eigenvalue weighted by Gasteiger charge is 2.44.